The van der Waals surface area contributed by atoms with Gasteiger partial charge in [-0.05, 0) is 36.6 Å². The topological polar surface area (TPSA) is 56.8 Å². The van der Waals surface area contributed by atoms with E-state index in [1.165, 1.54) is 0 Å². The largest absolute Gasteiger partial charge is 0.496 e. The summed E-state index contributed by atoms with van der Waals surface area (Å²) in [4.78, 5) is 12.3. The highest BCUT2D eigenvalue weighted by molar-refractivity contribution is 5.88. The van der Waals surface area contributed by atoms with Gasteiger partial charge in [-0.15, -0.1) is 0 Å². The molecule has 1 aliphatic heterocycles. The van der Waals surface area contributed by atoms with Crippen LogP contribution in [0.15, 0.2) is 36.4 Å². The zero-order chi connectivity index (χ0) is 17.6. The first-order chi connectivity index (χ1) is 12.2. The van der Waals surface area contributed by atoms with Crippen molar-refractivity contribution in [1.82, 2.24) is 5.32 Å². The van der Waals surface area contributed by atoms with Crippen molar-refractivity contribution in [2.75, 3.05) is 20.3 Å². The van der Waals surface area contributed by atoms with Gasteiger partial charge < -0.3 is 19.5 Å². The molecular formula is C20H25NO4. The monoisotopic (exact) mass is 343 g/mol. The lowest BCUT2D eigenvalue weighted by molar-refractivity contribution is -0.133. The number of methoxy groups -OCH3 is 1. The van der Waals surface area contributed by atoms with E-state index >= 15 is 0 Å². The fourth-order valence-electron chi connectivity index (χ4n) is 3.11. The third-order valence-electron chi connectivity index (χ3n) is 4.58. The number of carbonyl (C=O) groups is 1. The Morgan fingerprint density at radius 2 is 2.16 bits per heavy atom. The Bertz CT molecular complexity index is 725. The van der Waals surface area contributed by atoms with Gasteiger partial charge in [-0.25, -0.2) is 0 Å². The van der Waals surface area contributed by atoms with Gasteiger partial charge in [-0.1, -0.05) is 30.3 Å². The fourth-order valence-corrected chi connectivity index (χ4v) is 3.11. The molecule has 0 bridgehead atoms. The van der Waals surface area contributed by atoms with Crippen LogP contribution in [0.25, 0.3) is 10.8 Å². The normalized spacial score (nSPS) is 18.2. The van der Waals surface area contributed by atoms with E-state index in [-0.39, 0.29) is 12.0 Å². The highest BCUT2D eigenvalue weighted by atomic mass is 16.5. The van der Waals surface area contributed by atoms with E-state index < -0.39 is 6.10 Å². The molecule has 5 nitrogen and oxygen atoms in total. The number of amides is 1. The molecule has 2 aromatic rings. The van der Waals surface area contributed by atoms with Gasteiger partial charge in [0.25, 0.3) is 0 Å². The summed E-state index contributed by atoms with van der Waals surface area (Å²) < 4.78 is 16.6. The number of carbonyl (C=O) groups excluding carboxylic acids is 1. The van der Waals surface area contributed by atoms with Crippen LogP contribution in [0.1, 0.15) is 25.3 Å². The van der Waals surface area contributed by atoms with Crippen LogP contribution in [0, 0.1) is 0 Å². The van der Waals surface area contributed by atoms with E-state index in [0.717, 1.165) is 41.5 Å². The Balaban J connectivity index is 1.62. The zero-order valence-electron chi connectivity index (χ0n) is 14.8. The molecule has 2 aromatic carbocycles. The SMILES string of the molecule is COc1ccc2ccccc2c1CNC(=O)[C@H](C)OC[C@H]1CCCO1. The molecule has 0 aromatic heterocycles. The van der Waals surface area contributed by atoms with Crippen LogP contribution in [0.5, 0.6) is 5.75 Å². The fraction of sp³-hybridized carbons (Fsp3) is 0.450. The molecule has 1 N–H and O–H groups in total. The van der Waals surface area contributed by atoms with Crippen LogP contribution < -0.4 is 10.1 Å². The third-order valence-corrected chi connectivity index (χ3v) is 4.58. The second kappa shape index (κ2) is 8.32. The Kier molecular flexibility index (Phi) is 5.89. The maximum absolute atomic E-state index is 12.3. The molecule has 0 spiro atoms. The number of fused-ring (bicyclic) bond motifs is 1. The van der Waals surface area contributed by atoms with Crippen molar-refractivity contribution in [3.63, 3.8) is 0 Å². The molecule has 134 valence electrons. The summed E-state index contributed by atoms with van der Waals surface area (Å²) in [7, 11) is 1.64. The highest BCUT2D eigenvalue weighted by Gasteiger charge is 2.20. The summed E-state index contributed by atoms with van der Waals surface area (Å²) in [5.74, 6) is 0.639. The average molecular weight is 343 g/mol. The van der Waals surface area contributed by atoms with Crippen LogP contribution in [0.4, 0.5) is 0 Å². The average Bonchev–Trinajstić information content (AvgIpc) is 3.17. The molecule has 0 aliphatic carbocycles. The summed E-state index contributed by atoms with van der Waals surface area (Å²) >= 11 is 0. The molecular weight excluding hydrogens is 318 g/mol. The molecule has 25 heavy (non-hydrogen) atoms. The maximum Gasteiger partial charge on any atom is 0.249 e. The number of nitrogens with one attached hydrogen (secondary N) is 1. The molecule has 0 unspecified atom stereocenters. The molecule has 3 rings (SSSR count). The first-order valence-electron chi connectivity index (χ1n) is 8.74. The van der Waals surface area contributed by atoms with E-state index in [4.69, 9.17) is 14.2 Å². The minimum atomic E-state index is -0.509. The lowest BCUT2D eigenvalue weighted by Gasteiger charge is -2.17. The van der Waals surface area contributed by atoms with Crippen molar-refractivity contribution in [1.29, 1.82) is 0 Å². The molecule has 1 saturated heterocycles. The quantitative estimate of drug-likeness (QED) is 0.839. The lowest BCUT2D eigenvalue weighted by Crippen LogP contribution is -2.35. The Morgan fingerprint density at radius 3 is 2.92 bits per heavy atom. The van der Waals surface area contributed by atoms with E-state index in [0.29, 0.717) is 13.2 Å². The minimum Gasteiger partial charge on any atom is -0.496 e. The number of ether oxygens (including phenoxy) is 3. The van der Waals surface area contributed by atoms with Crippen molar-refractivity contribution in [2.45, 2.75) is 38.5 Å². The summed E-state index contributed by atoms with van der Waals surface area (Å²) in [6.45, 7) is 3.42. The summed E-state index contributed by atoms with van der Waals surface area (Å²) in [5.41, 5.74) is 0.972. The van der Waals surface area contributed by atoms with Gasteiger partial charge in [-0.3, -0.25) is 4.79 Å². The van der Waals surface area contributed by atoms with Gasteiger partial charge in [0.2, 0.25) is 5.91 Å². The van der Waals surface area contributed by atoms with Crippen molar-refractivity contribution in [2.24, 2.45) is 0 Å². The number of rotatable bonds is 7. The Labute approximate surface area is 148 Å². The van der Waals surface area contributed by atoms with E-state index in [1.807, 2.05) is 36.4 Å². The van der Waals surface area contributed by atoms with Gasteiger partial charge >= 0.3 is 0 Å². The predicted octanol–water partition coefficient (Wildman–Crippen LogP) is 3.05. The van der Waals surface area contributed by atoms with E-state index in [2.05, 4.69) is 5.32 Å². The van der Waals surface area contributed by atoms with Gasteiger partial charge in [0, 0.05) is 18.7 Å². The molecule has 1 fully saturated rings. The summed E-state index contributed by atoms with van der Waals surface area (Å²) in [6, 6.07) is 12.0. The van der Waals surface area contributed by atoms with Crippen LogP contribution in [-0.2, 0) is 20.8 Å². The number of hydrogen-bond acceptors (Lipinski definition) is 4. The van der Waals surface area contributed by atoms with Gasteiger partial charge in [-0.2, -0.15) is 0 Å². The van der Waals surface area contributed by atoms with Gasteiger partial charge in [0.1, 0.15) is 11.9 Å². The van der Waals surface area contributed by atoms with Crippen molar-refractivity contribution < 1.29 is 19.0 Å². The van der Waals surface area contributed by atoms with E-state index in [1.54, 1.807) is 14.0 Å². The minimum absolute atomic E-state index is 0.119. The number of benzene rings is 2. The highest BCUT2D eigenvalue weighted by Crippen LogP contribution is 2.27. The van der Waals surface area contributed by atoms with Gasteiger partial charge in [0.15, 0.2) is 0 Å². The molecule has 1 amide bonds. The lowest BCUT2D eigenvalue weighted by atomic mass is 10.0. The zero-order valence-corrected chi connectivity index (χ0v) is 14.8. The molecule has 0 radical (unpaired) electrons. The Hall–Kier alpha value is -2.11. The molecule has 1 heterocycles. The third kappa shape index (κ3) is 4.30. The second-order valence-corrected chi connectivity index (χ2v) is 6.30. The van der Waals surface area contributed by atoms with Crippen molar-refractivity contribution in [3.8, 4) is 5.75 Å². The summed E-state index contributed by atoms with van der Waals surface area (Å²) in [6.07, 6.45) is 1.68. The second-order valence-electron chi connectivity index (χ2n) is 6.30. The van der Waals surface area contributed by atoms with Crippen molar-refractivity contribution in [3.05, 3.63) is 42.0 Å². The standard InChI is InChI=1S/C20H25NO4/c1-14(25-13-16-7-5-11-24-16)20(22)21-12-18-17-8-4-3-6-15(17)9-10-19(18)23-2/h3-4,6,8-10,14,16H,5,7,11-13H2,1-2H3,(H,21,22)/t14-,16+/m0/s1. The van der Waals surface area contributed by atoms with Gasteiger partial charge in [0.05, 0.1) is 19.8 Å². The van der Waals surface area contributed by atoms with Crippen LogP contribution in [-0.4, -0.2) is 38.4 Å². The predicted molar refractivity (Wildman–Crippen MR) is 96.7 cm³/mol. The summed E-state index contributed by atoms with van der Waals surface area (Å²) in [5, 5.41) is 5.16. The maximum atomic E-state index is 12.3. The van der Waals surface area contributed by atoms with Crippen LogP contribution in [0.3, 0.4) is 0 Å². The van der Waals surface area contributed by atoms with Crippen LogP contribution in [0.2, 0.25) is 0 Å². The van der Waals surface area contributed by atoms with E-state index in [9.17, 15) is 4.79 Å². The number of hydrogen-bond donors (Lipinski definition) is 1. The van der Waals surface area contributed by atoms with Crippen LogP contribution >= 0.6 is 0 Å². The molecule has 2 atom stereocenters. The smallest absolute Gasteiger partial charge is 0.249 e. The molecule has 1 aliphatic rings. The van der Waals surface area contributed by atoms with Crippen molar-refractivity contribution >= 4 is 16.7 Å². The first kappa shape index (κ1) is 17.7. The molecule has 5 heteroatoms. The first-order valence-corrected chi connectivity index (χ1v) is 8.74. The Morgan fingerprint density at radius 1 is 1.32 bits per heavy atom. The molecule has 0 saturated carbocycles.